The van der Waals surface area contributed by atoms with Crippen molar-refractivity contribution in [3.63, 3.8) is 0 Å². The van der Waals surface area contributed by atoms with Crippen molar-refractivity contribution in [1.29, 1.82) is 0 Å². The van der Waals surface area contributed by atoms with Crippen molar-refractivity contribution >= 4 is 129 Å². The van der Waals surface area contributed by atoms with Crippen LogP contribution in [0.3, 0.4) is 0 Å². The first-order valence-corrected chi connectivity index (χ1v) is 57.3. The summed E-state index contributed by atoms with van der Waals surface area (Å²) in [5.74, 6) is -10.7. The van der Waals surface area contributed by atoms with Crippen molar-refractivity contribution in [3.8, 4) is 0 Å². The number of aromatic nitrogens is 4. The van der Waals surface area contributed by atoms with Gasteiger partial charge in [0.15, 0.2) is 51.6 Å². The first kappa shape index (κ1) is 117. The first-order chi connectivity index (χ1) is 67.2. The van der Waals surface area contributed by atoms with Crippen LogP contribution in [0.1, 0.15) is 176 Å². The minimum atomic E-state index is -4.96. The molecule has 7 N–H and O–H groups in total. The minimum Gasteiger partial charge on any atom is -0.359 e. The van der Waals surface area contributed by atoms with Crippen LogP contribution >= 0.6 is 70.8 Å². The van der Waals surface area contributed by atoms with Crippen LogP contribution in [0.5, 0.6) is 0 Å². The number of halogens is 1. The van der Waals surface area contributed by atoms with E-state index in [1.54, 1.807) is 48.3 Å². The predicted octanol–water partition coefficient (Wildman–Crippen LogP) is 17.0. The molecule has 6 aromatic carbocycles. The number of imidazole rings is 2. The highest BCUT2D eigenvalue weighted by molar-refractivity contribution is 14.1. The number of carbonyl (C=O) groups is 10. The quantitative estimate of drug-likeness (QED) is 0.00805. The van der Waals surface area contributed by atoms with E-state index in [0.29, 0.717) is 61.8 Å². The van der Waals surface area contributed by atoms with Gasteiger partial charge in [0.05, 0.1) is 89.4 Å². The highest BCUT2D eigenvalue weighted by Crippen LogP contribution is 2.62. The molecule has 2 aliphatic carbocycles. The van der Waals surface area contributed by atoms with Gasteiger partial charge >= 0.3 is 39.7 Å². The average Bonchev–Trinajstić information content (AvgIpc) is 0.807. The second-order valence-corrected chi connectivity index (χ2v) is 45.4. The van der Waals surface area contributed by atoms with Crippen molar-refractivity contribution < 1.29 is 112 Å². The molecule has 0 saturated heterocycles. The number of nitrogens with zero attached hydrogens (tertiary/aromatic N) is 4. The molecule has 0 aliphatic heterocycles. The van der Waals surface area contributed by atoms with Crippen LogP contribution in [0.2, 0.25) is 0 Å². The Morgan fingerprint density at radius 3 is 0.986 bits per heavy atom. The molecular formula is C100H132IN10O24P6+3. The molecule has 10 rings (SSSR count). The standard InChI is InChI=1S/C50H64N5O12P3.C49H63N5O11P2.CH2IOP/c1-34(2)27-43(53-47(58)36-19-17-18-20-36)45(56)29-37(28-41-31-55(5)33-52-41)48(59)54-44(46(57)30-42(49(60)51-4)35(3)65-70(63,66-68(6)61)67-69(7)62)32-64-50(38-21-11-8-12-22-38,39-23-13-9-14-24-39)40-25-15-10-16-26-40;1-33(2)26-42(52-46(57)35-18-16-17-19-35)44(55)28-36(27-40-30-54(5)32-51-40)47(58)53-43(45(56)29-41(48(59)50-4)34(3)64-67(61,62)65-66(6)60)31-63-49(37-20-10-7-11-21-37,38-22-12-8-13-23-38)39-24-14-9-15-25-39;2-1-4-3/h8-16,21-26,31,33-37,42-44H,17-20,27-30,32H2,1-7H3,(H-2,51,53,54,58,59,60);7-15,20-25,30,32-36,41-43H,16-19,26-29,31H2,1-6H3,(H3-,50,52,53,57,58,59,61,62);1H2/p+3/t35-,37-,42+,43+,44+;34-,36-,41+,42+,43+;/m11./s1. The second-order valence-electron chi connectivity index (χ2n) is 36.0. The zero-order valence-electron chi connectivity index (χ0n) is 81.8. The number of phosphoric acid groups is 2. The Balaban J connectivity index is 0.000000333. The second kappa shape index (κ2) is 57.9. The maximum absolute atomic E-state index is 15.1. The smallest absolute Gasteiger partial charge is 0.359 e. The highest BCUT2D eigenvalue weighted by atomic mass is 127. The van der Waals surface area contributed by atoms with Gasteiger partial charge in [-0.05, 0) is 124 Å². The summed E-state index contributed by atoms with van der Waals surface area (Å²) in [7, 11) is -11.2. The van der Waals surface area contributed by atoms with Gasteiger partial charge in [-0.2, -0.15) is 0 Å². The Morgan fingerprint density at radius 2 is 0.730 bits per heavy atom. The lowest BCUT2D eigenvalue weighted by molar-refractivity contribution is -0.137. The Hall–Kier alpha value is -9.49. The largest absolute Gasteiger partial charge is 0.560 e. The third-order valence-corrected chi connectivity index (χ3v) is 31.5. The maximum atomic E-state index is 15.1. The molecule has 8 aromatic rings. The molecule has 2 saturated carbocycles. The van der Waals surface area contributed by atoms with Crippen LogP contribution in [0.25, 0.3) is 0 Å². The number of alkyl halides is 1. The summed E-state index contributed by atoms with van der Waals surface area (Å²) in [6, 6.07) is 51.5. The van der Waals surface area contributed by atoms with Crippen LogP contribution in [-0.2, 0) is 145 Å². The van der Waals surface area contributed by atoms with Crippen molar-refractivity contribution in [3.05, 3.63) is 252 Å². The summed E-state index contributed by atoms with van der Waals surface area (Å²) in [6.45, 7) is 12.7. The van der Waals surface area contributed by atoms with Crippen LogP contribution in [0.15, 0.2) is 207 Å². The minimum absolute atomic E-state index is 0.00431. The van der Waals surface area contributed by atoms with Crippen LogP contribution in [-0.4, -0.2) is 170 Å². The number of phosphoric ester groups is 1. The van der Waals surface area contributed by atoms with Gasteiger partial charge in [0, 0.05) is 90.9 Å². The number of benzene rings is 6. The summed E-state index contributed by atoms with van der Waals surface area (Å²) in [5.41, 5.74) is 2.50. The monoisotopic (exact) mass is 2170 g/mol. The summed E-state index contributed by atoms with van der Waals surface area (Å²) in [5, 5.41) is 16.7. The lowest BCUT2D eigenvalue weighted by Crippen LogP contribution is -2.51. The SMILES string of the molecule is CNC(=O)[C@@H](CC(=O)[C@H](COC(c1ccccc1)(c1ccccc1)c1ccccc1)NC(=O)[C@@H](CC(=O)[C@H](CC(C)C)NC(=O)C1CCCC1)Cc1cn(C)cn1)[C@@H](C)OP(=O)(O)O[P+](C)=O.CNC(=O)[C@@H](CC(=O)[C@H](COC(c1ccccc1)(c1ccccc1)c1ccccc1)NC(=O)[C@@H](CC(=O)[C@H](CC(C)C)NC(=O)C1CCCC1)Cc1cn(C)cn1)[C@@H](C)OP(=O)(O[P+](C)=O)O[P+](C)=O.O=PCI. The summed E-state index contributed by atoms with van der Waals surface area (Å²) in [6.07, 6.45) is 9.24. The van der Waals surface area contributed by atoms with E-state index < -0.39 is 172 Å². The van der Waals surface area contributed by atoms with Gasteiger partial charge < -0.3 is 55.4 Å². The van der Waals surface area contributed by atoms with E-state index >= 15 is 4.79 Å². The van der Waals surface area contributed by atoms with Gasteiger partial charge in [0.25, 0.3) is 0 Å². The molecule has 34 nitrogen and oxygen atoms in total. The molecule has 2 heterocycles. The average molecular weight is 2170 g/mol. The molecule has 0 spiro atoms. The fourth-order valence-corrected chi connectivity index (χ4v) is 22.8. The van der Waals surface area contributed by atoms with E-state index in [1.165, 1.54) is 27.9 Å². The van der Waals surface area contributed by atoms with Crippen molar-refractivity contribution in [1.82, 2.24) is 51.0 Å². The highest BCUT2D eigenvalue weighted by Gasteiger charge is 2.50. The zero-order chi connectivity index (χ0) is 103. The predicted molar refractivity (Wildman–Crippen MR) is 544 cm³/mol. The normalized spacial score (nSPS) is 16.3. The molecule has 0 bridgehead atoms. The van der Waals surface area contributed by atoms with E-state index in [0.717, 1.165) is 71.4 Å². The number of aryl methyl sites for hydroxylation is 2. The fraction of sp³-hybridized carbons (Fsp3) is 0.480. The van der Waals surface area contributed by atoms with E-state index in [1.807, 2.05) is 232 Å². The summed E-state index contributed by atoms with van der Waals surface area (Å²) >= 11 is 2.03. The topological polar surface area (TPSA) is 466 Å². The molecule has 141 heavy (non-hydrogen) atoms. The Morgan fingerprint density at radius 1 is 0.447 bits per heavy atom. The van der Waals surface area contributed by atoms with Crippen molar-refractivity contribution in [2.24, 2.45) is 61.4 Å². The molecular weight excluding hydrogens is 2040 g/mol. The van der Waals surface area contributed by atoms with Crippen LogP contribution in [0.4, 0.5) is 0 Å². The Kier molecular flexibility index (Phi) is 47.9. The number of carbonyl (C=O) groups excluding carboxylic acids is 10. The number of rotatable bonds is 55. The van der Waals surface area contributed by atoms with Crippen LogP contribution in [0, 0.1) is 47.3 Å². The first-order valence-electron chi connectivity index (χ1n) is 46.9. The van der Waals surface area contributed by atoms with E-state index in [2.05, 4.69) is 46.2 Å². The number of hydrogen-bond donors (Lipinski definition) is 7. The zero-order valence-corrected chi connectivity index (χ0v) is 89.4. The molecule has 0 radical (unpaired) electrons. The fourth-order valence-electron chi connectivity index (χ4n) is 17.4. The van der Waals surface area contributed by atoms with Crippen LogP contribution < -0.4 is 31.9 Å². The third-order valence-electron chi connectivity index (χ3n) is 24.2. The van der Waals surface area contributed by atoms with E-state index in [-0.39, 0.29) is 81.2 Å². The summed E-state index contributed by atoms with van der Waals surface area (Å²) < 4.78 is 115. The Labute approximate surface area is 843 Å². The number of amides is 6. The van der Waals surface area contributed by atoms with Gasteiger partial charge in [-0.25, -0.2) is 19.1 Å². The molecule has 760 valence electrons. The Bertz CT molecular complexity index is 5360. The van der Waals surface area contributed by atoms with Gasteiger partial charge in [-0.15, -0.1) is 0 Å². The molecule has 2 fully saturated rings. The maximum Gasteiger partial charge on any atom is 0.560 e. The number of nitrogens with one attached hydrogen (secondary N) is 6. The van der Waals surface area contributed by atoms with E-state index in [9.17, 15) is 75.4 Å². The van der Waals surface area contributed by atoms with Gasteiger partial charge in [-0.1, -0.05) is 258 Å². The number of ketones is 4. The molecule has 41 heteroatoms. The molecule has 2 aliphatic rings. The van der Waals surface area contributed by atoms with Gasteiger partial charge in [-0.3, -0.25) is 61.6 Å². The van der Waals surface area contributed by atoms with Gasteiger partial charge in [0.2, 0.25) is 35.4 Å². The van der Waals surface area contributed by atoms with Crippen molar-refractivity contribution in [2.75, 3.05) is 51.5 Å². The molecule has 14 atom stereocenters. The molecule has 4 unspecified atom stereocenters. The molecule has 6 amide bonds. The number of Topliss-reactive ketones (excluding diaryl/α,β-unsaturated/α-hetero) is 4. The van der Waals surface area contributed by atoms with Gasteiger partial charge in [0.1, 0.15) is 23.3 Å². The third kappa shape index (κ3) is 36.1. The van der Waals surface area contributed by atoms with E-state index in [4.69, 9.17) is 27.1 Å². The van der Waals surface area contributed by atoms with Crippen molar-refractivity contribution in [2.45, 2.75) is 192 Å². The lowest BCUT2D eigenvalue weighted by atomic mass is 9.80. The summed E-state index contributed by atoms with van der Waals surface area (Å²) in [4.78, 5) is 162. The number of ether oxygens (including phenoxy) is 2. The lowest BCUT2D eigenvalue weighted by Gasteiger charge is -2.37. The number of hydrogen-bond acceptors (Lipinski definition) is 25. The molecule has 2 aromatic heterocycles.